The lowest BCUT2D eigenvalue weighted by Gasteiger charge is -2.31. The van der Waals surface area contributed by atoms with Gasteiger partial charge in [-0.2, -0.15) is 0 Å². The number of hydrogen-bond donors (Lipinski definition) is 1. The van der Waals surface area contributed by atoms with E-state index in [9.17, 15) is 9.59 Å². The maximum absolute atomic E-state index is 13.6. The average Bonchev–Trinajstić information content (AvgIpc) is 2.85. The molecule has 0 aliphatic heterocycles. The van der Waals surface area contributed by atoms with Gasteiger partial charge in [0.05, 0.1) is 0 Å². The number of benzene rings is 3. The SMILES string of the molecule is CCNC(=O)[C@H](Cc1ccccc1)N(Cc1ccc(C)cc1)C(=O)COc1cc(C)c(Br)c(C)c1. The second kappa shape index (κ2) is 12.5. The Morgan fingerprint density at radius 1 is 0.943 bits per heavy atom. The highest BCUT2D eigenvalue weighted by Crippen LogP contribution is 2.26. The normalized spacial score (nSPS) is 11.6. The largest absolute Gasteiger partial charge is 0.484 e. The molecule has 0 bridgehead atoms. The van der Waals surface area contributed by atoms with Gasteiger partial charge in [-0.15, -0.1) is 0 Å². The van der Waals surface area contributed by atoms with Crippen molar-refractivity contribution in [2.75, 3.05) is 13.2 Å². The summed E-state index contributed by atoms with van der Waals surface area (Å²) >= 11 is 3.56. The maximum atomic E-state index is 13.6. The molecule has 1 N–H and O–H groups in total. The van der Waals surface area contributed by atoms with Gasteiger partial charge in [0, 0.05) is 24.0 Å². The van der Waals surface area contributed by atoms with Crippen molar-refractivity contribution in [3.63, 3.8) is 0 Å². The number of carbonyl (C=O) groups is 2. The zero-order valence-electron chi connectivity index (χ0n) is 20.8. The molecule has 0 radical (unpaired) electrons. The Balaban J connectivity index is 1.89. The minimum Gasteiger partial charge on any atom is -0.484 e. The zero-order valence-corrected chi connectivity index (χ0v) is 22.4. The smallest absolute Gasteiger partial charge is 0.261 e. The monoisotopic (exact) mass is 536 g/mol. The Morgan fingerprint density at radius 3 is 2.17 bits per heavy atom. The van der Waals surface area contributed by atoms with Crippen LogP contribution in [0.1, 0.15) is 34.7 Å². The quantitative estimate of drug-likeness (QED) is 0.370. The van der Waals surface area contributed by atoms with E-state index < -0.39 is 6.04 Å². The molecule has 0 saturated carbocycles. The molecule has 0 aromatic heterocycles. The topological polar surface area (TPSA) is 58.6 Å². The van der Waals surface area contributed by atoms with Crippen molar-refractivity contribution in [3.05, 3.63) is 99.0 Å². The van der Waals surface area contributed by atoms with Crippen molar-refractivity contribution in [2.24, 2.45) is 0 Å². The molecule has 1 atom stereocenters. The summed E-state index contributed by atoms with van der Waals surface area (Å²) in [6.07, 6.45) is 0.417. The second-order valence-corrected chi connectivity index (χ2v) is 9.56. The Labute approximate surface area is 216 Å². The van der Waals surface area contributed by atoms with E-state index in [0.717, 1.165) is 32.3 Å². The summed E-state index contributed by atoms with van der Waals surface area (Å²) < 4.78 is 6.94. The molecule has 184 valence electrons. The molecule has 6 heteroatoms. The second-order valence-electron chi connectivity index (χ2n) is 8.77. The number of likely N-dealkylation sites (N-methyl/N-ethyl adjacent to an activating group) is 1. The van der Waals surface area contributed by atoms with Gasteiger partial charge in [-0.25, -0.2) is 0 Å². The lowest BCUT2D eigenvalue weighted by atomic mass is 10.0. The van der Waals surface area contributed by atoms with Crippen molar-refractivity contribution in [2.45, 2.75) is 46.7 Å². The van der Waals surface area contributed by atoms with Gasteiger partial charge in [-0.1, -0.05) is 76.1 Å². The fraction of sp³-hybridized carbons (Fsp3) is 0.310. The Morgan fingerprint density at radius 2 is 1.57 bits per heavy atom. The molecule has 0 saturated heterocycles. The molecule has 0 spiro atoms. The molecule has 3 aromatic carbocycles. The maximum Gasteiger partial charge on any atom is 0.261 e. The summed E-state index contributed by atoms with van der Waals surface area (Å²) in [6, 6.07) is 20.9. The summed E-state index contributed by atoms with van der Waals surface area (Å²) in [5.41, 5.74) is 5.16. The van der Waals surface area contributed by atoms with Gasteiger partial charge in [0.25, 0.3) is 5.91 Å². The third-order valence-corrected chi connectivity index (χ3v) is 7.12. The van der Waals surface area contributed by atoms with Crippen LogP contribution < -0.4 is 10.1 Å². The van der Waals surface area contributed by atoms with E-state index in [1.165, 1.54) is 0 Å². The molecule has 5 nitrogen and oxygen atoms in total. The van der Waals surface area contributed by atoms with E-state index in [4.69, 9.17) is 4.74 Å². The molecule has 3 aromatic rings. The molecule has 0 aliphatic carbocycles. The number of amides is 2. The molecule has 0 fully saturated rings. The van der Waals surface area contributed by atoms with Gasteiger partial charge in [-0.05, 0) is 62.1 Å². The van der Waals surface area contributed by atoms with Crippen LogP contribution in [0.3, 0.4) is 0 Å². The summed E-state index contributed by atoms with van der Waals surface area (Å²) in [4.78, 5) is 28.4. The molecule has 35 heavy (non-hydrogen) atoms. The fourth-order valence-electron chi connectivity index (χ4n) is 3.95. The molecule has 0 unspecified atom stereocenters. The van der Waals surface area contributed by atoms with Gasteiger partial charge in [0.15, 0.2) is 6.61 Å². The van der Waals surface area contributed by atoms with Crippen LogP contribution in [0, 0.1) is 20.8 Å². The van der Waals surface area contributed by atoms with Gasteiger partial charge in [0.1, 0.15) is 11.8 Å². The predicted molar refractivity (Wildman–Crippen MR) is 143 cm³/mol. The van der Waals surface area contributed by atoms with Gasteiger partial charge >= 0.3 is 0 Å². The Hall–Kier alpha value is -3.12. The van der Waals surface area contributed by atoms with Crippen molar-refractivity contribution >= 4 is 27.7 Å². The van der Waals surface area contributed by atoms with Crippen molar-refractivity contribution in [1.29, 1.82) is 0 Å². The molecule has 3 rings (SSSR count). The first-order valence-electron chi connectivity index (χ1n) is 11.8. The zero-order chi connectivity index (χ0) is 25.4. The number of nitrogens with zero attached hydrogens (tertiary/aromatic N) is 1. The van der Waals surface area contributed by atoms with Gasteiger partial charge in [0.2, 0.25) is 5.91 Å². The van der Waals surface area contributed by atoms with E-state index in [1.807, 2.05) is 94.4 Å². The highest BCUT2D eigenvalue weighted by Gasteiger charge is 2.30. The van der Waals surface area contributed by atoms with Crippen LogP contribution in [-0.4, -0.2) is 35.9 Å². The standard InChI is InChI=1S/C29H33BrN2O3/c1-5-31-29(34)26(17-23-9-7-6-8-10-23)32(18-24-13-11-20(2)12-14-24)27(33)19-35-25-15-21(3)28(30)22(4)16-25/h6-16,26H,5,17-19H2,1-4H3,(H,31,34)/t26-/m0/s1. The lowest BCUT2D eigenvalue weighted by Crippen LogP contribution is -2.51. The molecular formula is C29H33BrN2O3. The van der Waals surface area contributed by atoms with Crippen LogP contribution in [0.25, 0.3) is 0 Å². The summed E-state index contributed by atoms with van der Waals surface area (Å²) in [5, 5.41) is 2.91. The first kappa shape index (κ1) is 26.5. The van der Waals surface area contributed by atoms with Crippen LogP contribution in [0.2, 0.25) is 0 Å². The Kier molecular flexibility index (Phi) is 9.49. The van der Waals surface area contributed by atoms with Crippen LogP contribution >= 0.6 is 15.9 Å². The fourth-order valence-corrected chi connectivity index (χ4v) is 4.18. The molecule has 2 amide bonds. The first-order valence-corrected chi connectivity index (χ1v) is 12.6. The van der Waals surface area contributed by atoms with Crippen molar-refractivity contribution < 1.29 is 14.3 Å². The van der Waals surface area contributed by atoms with Gasteiger partial charge < -0.3 is 15.0 Å². The van der Waals surface area contributed by atoms with Gasteiger partial charge in [-0.3, -0.25) is 9.59 Å². The molecular weight excluding hydrogens is 504 g/mol. The average molecular weight is 537 g/mol. The summed E-state index contributed by atoms with van der Waals surface area (Å²) in [6.45, 7) is 8.53. The highest BCUT2D eigenvalue weighted by molar-refractivity contribution is 9.10. The number of hydrogen-bond acceptors (Lipinski definition) is 3. The molecule has 0 aliphatic rings. The minimum atomic E-state index is -0.664. The predicted octanol–water partition coefficient (Wildman–Crippen LogP) is 5.53. The third kappa shape index (κ3) is 7.43. The number of aryl methyl sites for hydroxylation is 3. The summed E-state index contributed by atoms with van der Waals surface area (Å²) in [5.74, 6) is 0.215. The third-order valence-electron chi connectivity index (χ3n) is 5.87. The van der Waals surface area contributed by atoms with Crippen molar-refractivity contribution in [1.82, 2.24) is 10.2 Å². The molecule has 0 heterocycles. The minimum absolute atomic E-state index is 0.156. The number of nitrogens with one attached hydrogen (secondary N) is 1. The lowest BCUT2D eigenvalue weighted by molar-refractivity contribution is -0.142. The van der Waals surface area contributed by atoms with E-state index in [2.05, 4.69) is 21.2 Å². The van der Waals surface area contributed by atoms with Crippen LogP contribution in [0.4, 0.5) is 0 Å². The van der Waals surface area contributed by atoms with E-state index in [0.29, 0.717) is 25.3 Å². The van der Waals surface area contributed by atoms with E-state index in [1.54, 1.807) is 4.90 Å². The van der Waals surface area contributed by atoms with Crippen LogP contribution in [0.15, 0.2) is 71.2 Å². The summed E-state index contributed by atoms with van der Waals surface area (Å²) in [7, 11) is 0. The number of rotatable bonds is 10. The van der Waals surface area contributed by atoms with Crippen molar-refractivity contribution in [3.8, 4) is 5.75 Å². The van der Waals surface area contributed by atoms with E-state index >= 15 is 0 Å². The number of ether oxygens (including phenoxy) is 1. The van der Waals surface area contributed by atoms with Crippen LogP contribution in [-0.2, 0) is 22.6 Å². The number of halogens is 1. The highest BCUT2D eigenvalue weighted by atomic mass is 79.9. The number of carbonyl (C=O) groups excluding carboxylic acids is 2. The first-order chi connectivity index (χ1) is 16.8. The van der Waals surface area contributed by atoms with Crippen LogP contribution in [0.5, 0.6) is 5.75 Å². The van der Waals surface area contributed by atoms with E-state index in [-0.39, 0.29) is 18.4 Å². The Bertz CT molecular complexity index is 1120.